The fraction of sp³-hybridized carbons (Fsp3) is 1.00. The van der Waals surface area contributed by atoms with E-state index in [1.165, 1.54) is 6.42 Å². The van der Waals surface area contributed by atoms with Crippen LogP contribution in [0.1, 0.15) is 48.0 Å². The number of hydrogen-bond donors (Lipinski definition) is 1. The molecular formula is C11H26N2. The van der Waals surface area contributed by atoms with Gasteiger partial charge in [0.2, 0.25) is 0 Å². The molecule has 0 aliphatic heterocycles. The Bertz CT molecular complexity index is 122. The average molecular weight is 186 g/mol. The van der Waals surface area contributed by atoms with Crippen LogP contribution in [0, 0.1) is 5.92 Å². The molecule has 0 aromatic heterocycles. The highest BCUT2D eigenvalue weighted by atomic mass is 15.3. The third kappa shape index (κ3) is 3.65. The smallest absolute Gasteiger partial charge is 0.0547 e. The van der Waals surface area contributed by atoms with Crippen LogP contribution in [0.25, 0.3) is 0 Å². The fourth-order valence-electron chi connectivity index (χ4n) is 2.18. The summed E-state index contributed by atoms with van der Waals surface area (Å²) in [5.74, 6) is 0.679. The van der Waals surface area contributed by atoms with Gasteiger partial charge in [-0.15, -0.1) is 0 Å². The van der Waals surface area contributed by atoms with E-state index in [0.29, 0.717) is 18.0 Å². The quantitative estimate of drug-likeness (QED) is 0.668. The molecule has 2 nitrogen and oxygen atoms in total. The minimum absolute atomic E-state index is 0.160. The molecule has 2 unspecified atom stereocenters. The lowest BCUT2D eigenvalue weighted by molar-refractivity contribution is 0.0747. The minimum atomic E-state index is 0.160. The Balaban J connectivity index is 4.49. The maximum atomic E-state index is 5.98. The molecule has 2 atom stereocenters. The first-order chi connectivity index (χ1) is 5.91. The summed E-state index contributed by atoms with van der Waals surface area (Å²) in [6.45, 7) is 13.3. The lowest BCUT2D eigenvalue weighted by Gasteiger charge is -2.39. The van der Waals surface area contributed by atoms with Gasteiger partial charge in [0.1, 0.15) is 0 Å². The maximum absolute atomic E-state index is 5.98. The van der Waals surface area contributed by atoms with E-state index in [2.05, 4.69) is 46.4 Å². The van der Waals surface area contributed by atoms with Crippen molar-refractivity contribution in [3.63, 3.8) is 0 Å². The van der Waals surface area contributed by atoms with Crippen molar-refractivity contribution >= 4 is 0 Å². The van der Waals surface area contributed by atoms with Gasteiger partial charge in [0.25, 0.3) is 0 Å². The minimum Gasteiger partial charge on any atom is -0.316 e. The van der Waals surface area contributed by atoms with Crippen molar-refractivity contribution in [3.8, 4) is 0 Å². The Morgan fingerprint density at radius 1 is 1.08 bits per heavy atom. The van der Waals surface area contributed by atoms with Gasteiger partial charge in [-0.2, -0.15) is 0 Å². The normalized spacial score (nSPS) is 17.1. The largest absolute Gasteiger partial charge is 0.316 e. The first kappa shape index (κ1) is 12.9. The molecule has 0 amide bonds. The Morgan fingerprint density at radius 2 is 1.54 bits per heavy atom. The Kier molecular flexibility index (Phi) is 5.57. The first-order valence-electron chi connectivity index (χ1n) is 5.44. The van der Waals surface area contributed by atoms with Gasteiger partial charge in [0, 0.05) is 12.1 Å². The molecule has 0 radical (unpaired) electrons. The van der Waals surface area contributed by atoms with E-state index in [9.17, 15) is 0 Å². The zero-order chi connectivity index (χ0) is 10.6. The fourth-order valence-corrected chi connectivity index (χ4v) is 2.18. The predicted molar refractivity (Wildman–Crippen MR) is 59.5 cm³/mol. The highest BCUT2D eigenvalue weighted by Crippen LogP contribution is 2.18. The summed E-state index contributed by atoms with van der Waals surface area (Å²) in [5.41, 5.74) is 5.98. The van der Waals surface area contributed by atoms with E-state index in [4.69, 9.17) is 5.73 Å². The van der Waals surface area contributed by atoms with Crippen molar-refractivity contribution in [2.45, 2.75) is 66.2 Å². The summed E-state index contributed by atoms with van der Waals surface area (Å²) in [5, 5.41) is 0. The van der Waals surface area contributed by atoms with Gasteiger partial charge in [0.05, 0.1) is 6.17 Å². The summed E-state index contributed by atoms with van der Waals surface area (Å²) in [6, 6.07) is 1.15. The topological polar surface area (TPSA) is 29.3 Å². The molecule has 13 heavy (non-hydrogen) atoms. The molecule has 0 spiro atoms. The maximum Gasteiger partial charge on any atom is 0.0547 e. The van der Waals surface area contributed by atoms with Crippen molar-refractivity contribution in [1.82, 2.24) is 4.90 Å². The van der Waals surface area contributed by atoms with Crippen LogP contribution >= 0.6 is 0 Å². The van der Waals surface area contributed by atoms with Gasteiger partial charge in [0.15, 0.2) is 0 Å². The molecule has 0 aromatic carbocycles. The lowest BCUT2D eigenvalue weighted by atomic mass is 9.98. The summed E-state index contributed by atoms with van der Waals surface area (Å²) < 4.78 is 0. The zero-order valence-corrected chi connectivity index (χ0v) is 10.0. The number of nitrogens with two attached hydrogens (primary N) is 1. The molecule has 0 rings (SSSR count). The van der Waals surface area contributed by atoms with E-state index in [0.717, 1.165) is 0 Å². The summed E-state index contributed by atoms with van der Waals surface area (Å²) in [7, 11) is 0. The van der Waals surface area contributed by atoms with Crippen LogP contribution in [0.5, 0.6) is 0 Å². The van der Waals surface area contributed by atoms with E-state index in [-0.39, 0.29) is 6.17 Å². The van der Waals surface area contributed by atoms with Crippen molar-refractivity contribution in [3.05, 3.63) is 0 Å². The monoisotopic (exact) mass is 186 g/mol. The molecule has 0 bridgehead atoms. The molecule has 2 heteroatoms. The second kappa shape index (κ2) is 5.61. The van der Waals surface area contributed by atoms with Crippen LogP contribution in [0.15, 0.2) is 0 Å². The summed E-state index contributed by atoms with van der Waals surface area (Å²) >= 11 is 0. The van der Waals surface area contributed by atoms with Crippen LogP contribution in [0.4, 0.5) is 0 Å². The molecule has 80 valence electrons. The third-order valence-electron chi connectivity index (χ3n) is 2.64. The second-order valence-electron chi connectivity index (χ2n) is 4.50. The molecule has 0 saturated carbocycles. The van der Waals surface area contributed by atoms with Crippen molar-refractivity contribution in [2.75, 3.05) is 0 Å². The number of rotatable bonds is 5. The van der Waals surface area contributed by atoms with E-state index >= 15 is 0 Å². The second-order valence-corrected chi connectivity index (χ2v) is 4.50. The van der Waals surface area contributed by atoms with Gasteiger partial charge in [-0.1, -0.05) is 20.8 Å². The predicted octanol–water partition coefficient (Wildman–Crippen LogP) is 2.44. The van der Waals surface area contributed by atoms with E-state index in [1.54, 1.807) is 0 Å². The van der Waals surface area contributed by atoms with E-state index < -0.39 is 0 Å². The highest BCUT2D eigenvalue weighted by Gasteiger charge is 2.24. The van der Waals surface area contributed by atoms with Crippen molar-refractivity contribution in [2.24, 2.45) is 11.7 Å². The molecule has 0 aromatic rings. The zero-order valence-electron chi connectivity index (χ0n) is 10.0. The van der Waals surface area contributed by atoms with Gasteiger partial charge >= 0.3 is 0 Å². The molecule has 0 aliphatic rings. The third-order valence-corrected chi connectivity index (χ3v) is 2.64. The molecule has 0 saturated heterocycles. The van der Waals surface area contributed by atoms with Crippen LogP contribution in [-0.2, 0) is 0 Å². The number of hydrogen-bond acceptors (Lipinski definition) is 2. The number of nitrogens with zero attached hydrogens (tertiary/aromatic N) is 1. The Hall–Kier alpha value is -0.0800. The summed E-state index contributed by atoms with van der Waals surface area (Å²) in [6.07, 6.45) is 1.34. The summed E-state index contributed by atoms with van der Waals surface area (Å²) in [4.78, 5) is 2.41. The van der Waals surface area contributed by atoms with Crippen LogP contribution < -0.4 is 5.73 Å². The highest BCUT2D eigenvalue weighted by molar-refractivity contribution is 4.78. The molecule has 2 N–H and O–H groups in total. The Labute approximate surface area is 83.5 Å². The molecule has 0 heterocycles. The molecule has 0 aliphatic carbocycles. The van der Waals surface area contributed by atoms with Gasteiger partial charge in [-0.05, 0) is 33.1 Å². The average Bonchev–Trinajstić information content (AvgIpc) is 1.97. The van der Waals surface area contributed by atoms with Gasteiger partial charge in [-0.25, -0.2) is 0 Å². The van der Waals surface area contributed by atoms with Crippen molar-refractivity contribution in [1.29, 1.82) is 0 Å². The van der Waals surface area contributed by atoms with Crippen molar-refractivity contribution < 1.29 is 0 Å². The Morgan fingerprint density at radius 3 is 1.62 bits per heavy atom. The van der Waals surface area contributed by atoms with Crippen LogP contribution in [0.2, 0.25) is 0 Å². The standard InChI is InChI=1S/C11H26N2/c1-7-11(8(2)3)13(9(4)5)10(6)12/h8-11H,7,12H2,1-6H3. The van der Waals surface area contributed by atoms with Gasteiger partial charge in [-0.3, -0.25) is 4.90 Å². The molecule has 0 fully saturated rings. The van der Waals surface area contributed by atoms with Crippen LogP contribution in [-0.4, -0.2) is 23.1 Å². The van der Waals surface area contributed by atoms with Crippen LogP contribution in [0.3, 0.4) is 0 Å². The molecular weight excluding hydrogens is 160 g/mol. The van der Waals surface area contributed by atoms with Gasteiger partial charge < -0.3 is 5.73 Å². The lowest BCUT2D eigenvalue weighted by Crippen LogP contribution is -2.51. The first-order valence-corrected chi connectivity index (χ1v) is 5.44. The van der Waals surface area contributed by atoms with E-state index in [1.807, 2.05) is 0 Å². The SMILES string of the molecule is CCC(C(C)C)N(C(C)C)C(C)N.